The van der Waals surface area contributed by atoms with Crippen LogP contribution in [0.3, 0.4) is 0 Å². The van der Waals surface area contributed by atoms with Crippen molar-refractivity contribution in [2.45, 2.75) is 49.7 Å². The topological polar surface area (TPSA) is 87.6 Å². The average Bonchev–Trinajstić information content (AvgIpc) is 3.42. The molecule has 12 heteroatoms. The first-order valence-corrected chi connectivity index (χ1v) is 11.5. The van der Waals surface area contributed by atoms with Gasteiger partial charge in [-0.25, -0.2) is 0 Å². The van der Waals surface area contributed by atoms with Gasteiger partial charge in [0.1, 0.15) is 11.4 Å². The van der Waals surface area contributed by atoms with Gasteiger partial charge in [-0.1, -0.05) is 6.07 Å². The van der Waals surface area contributed by atoms with Crippen LogP contribution in [0.4, 0.5) is 26.3 Å². The Morgan fingerprint density at radius 3 is 2.37 bits per heavy atom. The molecule has 1 fully saturated rings. The minimum Gasteiger partial charge on any atom is -0.494 e. The summed E-state index contributed by atoms with van der Waals surface area (Å²) in [5.74, 6) is -1.05. The highest BCUT2D eigenvalue weighted by atomic mass is 19.4. The number of hydrogen-bond donors (Lipinski definition) is 2. The number of aromatic hydroxyl groups is 2. The van der Waals surface area contributed by atoms with Gasteiger partial charge in [-0.15, -0.1) is 0 Å². The second kappa shape index (κ2) is 8.33. The number of ether oxygens (including phenoxy) is 2. The fraction of sp³-hybridized carbons (Fsp3) is 0.346. The van der Waals surface area contributed by atoms with Crippen molar-refractivity contribution in [1.29, 1.82) is 5.26 Å². The normalized spacial score (nSPS) is 22.4. The Labute approximate surface area is 212 Å². The highest BCUT2D eigenvalue weighted by molar-refractivity contribution is 5.62. The monoisotopic (exact) mass is 538 g/mol. The van der Waals surface area contributed by atoms with E-state index in [1.807, 2.05) is 0 Å². The van der Waals surface area contributed by atoms with E-state index in [9.17, 15) is 36.6 Å². The highest BCUT2D eigenvalue weighted by Crippen LogP contribution is 2.65. The first-order chi connectivity index (χ1) is 17.7. The number of rotatable bonds is 5. The van der Waals surface area contributed by atoms with E-state index >= 15 is 0 Å². The molecule has 3 aromatic rings. The second-order valence-corrected chi connectivity index (χ2v) is 9.52. The Morgan fingerprint density at radius 2 is 1.71 bits per heavy atom. The van der Waals surface area contributed by atoms with Gasteiger partial charge in [0.25, 0.3) is 0 Å². The molecule has 2 N–H and O–H groups in total. The molecule has 6 nitrogen and oxygen atoms in total. The number of nitriles is 1. The summed E-state index contributed by atoms with van der Waals surface area (Å²) < 4.78 is 92.3. The molecule has 200 valence electrons. The summed E-state index contributed by atoms with van der Waals surface area (Å²) in [5, 5.41) is 31.3. The van der Waals surface area contributed by atoms with Gasteiger partial charge in [-0.3, -0.25) is 4.57 Å². The number of nitrogens with zero attached hydrogens (tertiary/aromatic N) is 2. The van der Waals surface area contributed by atoms with Crippen LogP contribution in [0.2, 0.25) is 0 Å². The van der Waals surface area contributed by atoms with E-state index in [4.69, 9.17) is 14.7 Å². The van der Waals surface area contributed by atoms with Crippen LogP contribution in [-0.4, -0.2) is 21.4 Å². The van der Waals surface area contributed by atoms with Gasteiger partial charge in [0.05, 0.1) is 51.8 Å². The molecule has 3 heterocycles. The molecular formula is C26H20F6N2O4. The van der Waals surface area contributed by atoms with Crippen molar-refractivity contribution in [2.75, 3.05) is 6.61 Å². The molecule has 2 aliphatic heterocycles. The second-order valence-electron chi connectivity index (χ2n) is 9.52. The number of aromatic nitrogens is 1. The summed E-state index contributed by atoms with van der Waals surface area (Å²) in [6.07, 6.45) is -8.51. The molecule has 0 radical (unpaired) electrons. The van der Waals surface area contributed by atoms with Crippen LogP contribution in [0.1, 0.15) is 54.0 Å². The maximum Gasteiger partial charge on any atom is 0.417 e. The van der Waals surface area contributed by atoms with Crippen LogP contribution in [0.5, 0.6) is 17.5 Å². The van der Waals surface area contributed by atoms with Gasteiger partial charge < -0.3 is 19.7 Å². The standard InChI is InChI=1S/C26H20F6N2O4/c1-23-7-8-24(38-23,9-10-37-17-4-2-3-15(11-17)25(27,28)29)20-19(23)21(35)34(22(20)36)16-6-5-14(13-33)18(12-16)26(30,31)32/h2-6,11-12,35-36H,7-10H2,1H3/t23-,24-/m0/s1. The van der Waals surface area contributed by atoms with Crippen molar-refractivity contribution in [2.24, 2.45) is 0 Å². The molecule has 0 unspecified atom stereocenters. The molecular weight excluding hydrogens is 518 g/mol. The van der Waals surface area contributed by atoms with E-state index in [0.29, 0.717) is 18.9 Å². The van der Waals surface area contributed by atoms with Crippen LogP contribution >= 0.6 is 0 Å². The molecule has 2 aromatic carbocycles. The van der Waals surface area contributed by atoms with Gasteiger partial charge in [-0.2, -0.15) is 31.6 Å². The molecule has 1 aromatic heterocycles. The quantitative estimate of drug-likeness (QED) is 0.362. The predicted molar refractivity (Wildman–Crippen MR) is 120 cm³/mol. The van der Waals surface area contributed by atoms with Crippen molar-refractivity contribution < 1.29 is 46.0 Å². The summed E-state index contributed by atoms with van der Waals surface area (Å²) in [7, 11) is 0. The SMILES string of the molecule is C[C@@]12CC[C@@](CCOc3cccc(C(F)(F)F)c3)(O1)c1c2c(O)n(-c2ccc(C#N)c(C(F)(F)F)c2)c1O. The summed E-state index contributed by atoms with van der Waals surface area (Å²) >= 11 is 0. The Bertz CT molecular complexity index is 1470. The fourth-order valence-electron chi connectivity index (χ4n) is 5.45. The number of fused-ring (bicyclic) bond motifs is 5. The zero-order chi connectivity index (χ0) is 27.7. The molecule has 2 bridgehead atoms. The van der Waals surface area contributed by atoms with E-state index in [2.05, 4.69) is 0 Å². The van der Waals surface area contributed by atoms with Crippen molar-refractivity contribution >= 4 is 0 Å². The fourth-order valence-corrected chi connectivity index (χ4v) is 5.45. The van der Waals surface area contributed by atoms with Crippen LogP contribution in [-0.2, 0) is 28.3 Å². The third kappa shape index (κ3) is 3.93. The van der Waals surface area contributed by atoms with Gasteiger partial charge in [0.2, 0.25) is 11.8 Å². The first kappa shape index (κ1) is 25.8. The highest BCUT2D eigenvalue weighted by Gasteiger charge is 2.61. The number of halogens is 6. The minimum absolute atomic E-state index is 0.0166. The molecule has 2 aliphatic rings. The average molecular weight is 538 g/mol. The molecule has 38 heavy (non-hydrogen) atoms. The zero-order valence-electron chi connectivity index (χ0n) is 19.7. The van der Waals surface area contributed by atoms with Crippen molar-refractivity contribution in [1.82, 2.24) is 4.57 Å². The van der Waals surface area contributed by atoms with Crippen molar-refractivity contribution in [3.05, 3.63) is 70.3 Å². The van der Waals surface area contributed by atoms with Gasteiger partial charge in [-0.05, 0) is 56.2 Å². The van der Waals surface area contributed by atoms with E-state index in [1.165, 1.54) is 24.3 Å². The molecule has 5 rings (SSSR count). The van der Waals surface area contributed by atoms with Gasteiger partial charge >= 0.3 is 12.4 Å². The van der Waals surface area contributed by atoms with Crippen LogP contribution in [0.15, 0.2) is 42.5 Å². The smallest absolute Gasteiger partial charge is 0.417 e. The Balaban J connectivity index is 1.49. The molecule has 0 amide bonds. The molecule has 2 atom stereocenters. The van der Waals surface area contributed by atoms with E-state index in [1.54, 1.807) is 6.92 Å². The Morgan fingerprint density at radius 1 is 1.00 bits per heavy atom. The lowest BCUT2D eigenvalue weighted by molar-refractivity contribution is -0.138. The lowest BCUT2D eigenvalue weighted by Crippen LogP contribution is -2.25. The predicted octanol–water partition coefficient (Wildman–Crippen LogP) is 6.50. The maximum absolute atomic E-state index is 13.5. The van der Waals surface area contributed by atoms with Crippen molar-refractivity contribution in [3.63, 3.8) is 0 Å². The summed E-state index contributed by atoms with van der Waals surface area (Å²) in [6, 6.07) is 8.64. The number of hydrogen-bond acceptors (Lipinski definition) is 5. The third-order valence-corrected chi connectivity index (χ3v) is 7.16. The zero-order valence-corrected chi connectivity index (χ0v) is 19.7. The molecule has 0 saturated carbocycles. The van der Waals surface area contributed by atoms with E-state index in [0.717, 1.165) is 22.8 Å². The van der Waals surface area contributed by atoms with E-state index in [-0.39, 0.29) is 35.6 Å². The largest absolute Gasteiger partial charge is 0.494 e. The Hall–Kier alpha value is -3.85. The molecule has 1 saturated heterocycles. The van der Waals surface area contributed by atoms with Crippen molar-refractivity contribution in [3.8, 4) is 29.3 Å². The van der Waals surface area contributed by atoms with E-state index < -0.39 is 52.0 Å². The maximum atomic E-state index is 13.5. The van der Waals surface area contributed by atoms with Crippen LogP contribution in [0.25, 0.3) is 5.69 Å². The van der Waals surface area contributed by atoms with Gasteiger partial charge in [0, 0.05) is 6.42 Å². The van der Waals surface area contributed by atoms with Crippen LogP contribution in [0, 0.1) is 11.3 Å². The van der Waals surface area contributed by atoms with Gasteiger partial charge in [0.15, 0.2) is 0 Å². The molecule has 0 aliphatic carbocycles. The number of benzene rings is 2. The molecule has 0 spiro atoms. The summed E-state index contributed by atoms with van der Waals surface area (Å²) in [4.78, 5) is 0. The summed E-state index contributed by atoms with van der Waals surface area (Å²) in [5.41, 5.74) is -4.75. The number of alkyl halides is 6. The lowest BCUT2D eigenvalue weighted by atomic mass is 9.78. The summed E-state index contributed by atoms with van der Waals surface area (Å²) in [6.45, 7) is 1.58. The minimum atomic E-state index is -4.85. The lowest BCUT2D eigenvalue weighted by Gasteiger charge is -2.26. The Kier molecular flexibility index (Phi) is 5.65. The third-order valence-electron chi connectivity index (χ3n) is 7.16. The first-order valence-electron chi connectivity index (χ1n) is 11.5. The van der Waals surface area contributed by atoms with Crippen LogP contribution < -0.4 is 4.74 Å².